The van der Waals surface area contributed by atoms with Crippen LogP contribution in [0.25, 0.3) is 0 Å². The van der Waals surface area contributed by atoms with Gasteiger partial charge >= 0.3 is 0 Å². The second kappa shape index (κ2) is 7.82. The van der Waals surface area contributed by atoms with Gasteiger partial charge in [-0.3, -0.25) is 14.7 Å². The van der Waals surface area contributed by atoms with Crippen molar-refractivity contribution < 1.29 is 9.53 Å². The molecule has 2 aliphatic heterocycles. The number of ether oxygens (including phenoxy) is 1. The predicted molar refractivity (Wildman–Crippen MR) is 114 cm³/mol. The van der Waals surface area contributed by atoms with E-state index in [-0.39, 0.29) is 11.4 Å². The minimum atomic E-state index is 0.137. The first-order valence-corrected chi connectivity index (χ1v) is 11.5. The fourth-order valence-electron chi connectivity index (χ4n) is 5.14. The maximum atomic E-state index is 13.0. The second-order valence-electron chi connectivity index (χ2n) is 8.95. The van der Waals surface area contributed by atoms with Crippen LogP contribution in [0, 0.1) is 5.92 Å². The van der Waals surface area contributed by atoms with Crippen molar-refractivity contribution in [1.29, 1.82) is 0 Å². The first-order chi connectivity index (χ1) is 14.1. The van der Waals surface area contributed by atoms with E-state index in [1.165, 1.54) is 28.8 Å². The van der Waals surface area contributed by atoms with Crippen LogP contribution in [0.15, 0.2) is 30.6 Å². The maximum Gasteiger partial charge on any atom is 0.264 e. The van der Waals surface area contributed by atoms with Crippen LogP contribution in [0.2, 0.25) is 0 Å². The van der Waals surface area contributed by atoms with Gasteiger partial charge in [0, 0.05) is 37.0 Å². The van der Waals surface area contributed by atoms with Crippen molar-refractivity contribution in [1.82, 2.24) is 14.8 Å². The van der Waals surface area contributed by atoms with Crippen LogP contribution in [0.1, 0.15) is 44.9 Å². The van der Waals surface area contributed by atoms with Crippen molar-refractivity contribution >= 4 is 17.2 Å². The Labute approximate surface area is 176 Å². The van der Waals surface area contributed by atoms with Crippen LogP contribution in [0.5, 0.6) is 0 Å². The van der Waals surface area contributed by atoms with Gasteiger partial charge in [0.25, 0.3) is 5.91 Å². The number of likely N-dealkylation sites (tertiary alicyclic amines) is 2. The Morgan fingerprint density at radius 3 is 2.93 bits per heavy atom. The SMILES string of the molecule is CN1CC[C@H](COCc2ccncc2)CC12CN(C(=O)c1cc3c(s1)CCC3)C2. The third-order valence-electron chi connectivity index (χ3n) is 6.94. The average Bonchev–Trinajstić information content (AvgIpc) is 3.30. The number of likely N-dealkylation sites (N-methyl/N-ethyl adjacent to an activating group) is 1. The van der Waals surface area contributed by atoms with Gasteiger partial charge in [0.1, 0.15) is 0 Å². The Kier molecular flexibility index (Phi) is 5.18. The van der Waals surface area contributed by atoms with Gasteiger partial charge in [0.05, 0.1) is 17.0 Å². The van der Waals surface area contributed by atoms with E-state index < -0.39 is 0 Å². The van der Waals surface area contributed by atoms with Crippen LogP contribution in [-0.2, 0) is 24.2 Å². The lowest BCUT2D eigenvalue weighted by molar-refractivity contribution is -0.0766. The summed E-state index contributed by atoms with van der Waals surface area (Å²) >= 11 is 1.72. The zero-order valence-corrected chi connectivity index (χ0v) is 17.9. The van der Waals surface area contributed by atoms with Crippen LogP contribution in [-0.4, -0.2) is 59.5 Å². The van der Waals surface area contributed by atoms with Crippen molar-refractivity contribution in [2.45, 2.75) is 44.2 Å². The Balaban J connectivity index is 1.15. The van der Waals surface area contributed by atoms with Crippen LogP contribution in [0.3, 0.4) is 0 Å². The molecule has 0 unspecified atom stereocenters. The molecule has 5 rings (SSSR count). The summed E-state index contributed by atoms with van der Waals surface area (Å²) in [6.45, 7) is 4.23. The smallest absolute Gasteiger partial charge is 0.264 e. The molecule has 0 aromatic carbocycles. The van der Waals surface area contributed by atoms with E-state index in [4.69, 9.17) is 4.74 Å². The number of aryl methyl sites for hydroxylation is 2. The summed E-state index contributed by atoms with van der Waals surface area (Å²) in [5.74, 6) is 0.801. The van der Waals surface area contributed by atoms with Crippen LogP contribution in [0.4, 0.5) is 0 Å². The summed E-state index contributed by atoms with van der Waals surface area (Å²) in [5, 5.41) is 0. The Hall–Kier alpha value is -1.76. The fraction of sp³-hybridized carbons (Fsp3) is 0.565. The number of amides is 1. The van der Waals surface area contributed by atoms with Crippen molar-refractivity contribution in [3.63, 3.8) is 0 Å². The lowest BCUT2D eigenvalue weighted by atomic mass is 9.75. The molecule has 2 saturated heterocycles. The van der Waals surface area contributed by atoms with Crippen molar-refractivity contribution in [2.24, 2.45) is 5.92 Å². The Morgan fingerprint density at radius 1 is 1.31 bits per heavy atom. The van der Waals surface area contributed by atoms with E-state index in [1.807, 2.05) is 24.5 Å². The number of thiophene rings is 1. The molecule has 29 heavy (non-hydrogen) atoms. The molecule has 0 radical (unpaired) electrons. The minimum absolute atomic E-state index is 0.137. The summed E-state index contributed by atoms with van der Waals surface area (Å²) in [4.78, 5) is 23.9. The fourth-order valence-corrected chi connectivity index (χ4v) is 6.36. The molecule has 4 heterocycles. The van der Waals surface area contributed by atoms with Gasteiger partial charge in [-0.15, -0.1) is 11.3 Å². The topological polar surface area (TPSA) is 45.7 Å². The highest BCUT2D eigenvalue weighted by Crippen LogP contribution is 2.40. The summed E-state index contributed by atoms with van der Waals surface area (Å²) < 4.78 is 6.01. The van der Waals surface area contributed by atoms with E-state index in [2.05, 4.69) is 27.9 Å². The molecule has 5 nitrogen and oxygen atoms in total. The predicted octanol–water partition coefficient (Wildman–Crippen LogP) is 3.39. The lowest BCUT2D eigenvalue weighted by Gasteiger charge is -2.58. The molecule has 1 aliphatic carbocycles. The molecule has 0 N–H and O–H groups in total. The molecule has 3 aliphatic rings. The van der Waals surface area contributed by atoms with Crippen LogP contribution >= 0.6 is 11.3 Å². The van der Waals surface area contributed by atoms with Crippen molar-refractivity contribution in [2.75, 3.05) is 33.3 Å². The van der Waals surface area contributed by atoms with Gasteiger partial charge in [-0.25, -0.2) is 0 Å². The number of piperidine rings is 1. The van der Waals surface area contributed by atoms with Gasteiger partial charge in [-0.2, -0.15) is 0 Å². The van der Waals surface area contributed by atoms with E-state index in [0.717, 1.165) is 50.4 Å². The number of aromatic nitrogens is 1. The van der Waals surface area contributed by atoms with Gasteiger partial charge in [0.15, 0.2) is 0 Å². The standard InChI is InChI=1S/C23H29N3O2S/c1-25-10-7-18(14-28-13-17-5-8-24-9-6-17)12-23(25)15-26(16-23)22(27)21-11-19-3-2-4-20(19)29-21/h5-6,8-9,11,18H,2-4,7,10,12-16H2,1H3/t18-/m0/s1. The van der Waals surface area contributed by atoms with Crippen molar-refractivity contribution in [3.8, 4) is 0 Å². The van der Waals surface area contributed by atoms with Gasteiger partial charge in [-0.05, 0) is 80.9 Å². The molecule has 6 heteroatoms. The molecular formula is C23H29N3O2S. The number of rotatable bonds is 5. The zero-order valence-electron chi connectivity index (χ0n) is 17.1. The second-order valence-corrected chi connectivity index (χ2v) is 10.1. The Morgan fingerprint density at radius 2 is 2.14 bits per heavy atom. The summed E-state index contributed by atoms with van der Waals surface area (Å²) in [6.07, 6.45) is 9.45. The summed E-state index contributed by atoms with van der Waals surface area (Å²) in [7, 11) is 2.22. The molecule has 2 aromatic rings. The number of nitrogens with zero attached hydrogens (tertiary/aromatic N) is 3. The molecule has 0 saturated carbocycles. The largest absolute Gasteiger partial charge is 0.376 e. The average molecular weight is 412 g/mol. The normalized spacial score (nSPS) is 23.2. The molecule has 2 aromatic heterocycles. The molecule has 0 bridgehead atoms. The quantitative estimate of drug-likeness (QED) is 0.757. The third kappa shape index (κ3) is 3.74. The highest BCUT2D eigenvalue weighted by molar-refractivity contribution is 7.14. The number of hydrogen-bond donors (Lipinski definition) is 0. The number of carbonyl (C=O) groups is 1. The molecule has 2 fully saturated rings. The molecule has 1 atom stereocenters. The van der Waals surface area contributed by atoms with E-state index in [0.29, 0.717) is 12.5 Å². The summed E-state index contributed by atoms with van der Waals surface area (Å²) in [5.41, 5.74) is 2.72. The van der Waals surface area contributed by atoms with E-state index in [9.17, 15) is 4.79 Å². The number of pyridine rings is 1. The van der Waals surface area contributed by atoms with E-state index in [1.54, 1.807) is 11.3 Å². The highest BCUT2D eigenvalue weighted by Gasteiger charge is 2.51. The third-order valence-corrected chi connectivity index (χ3v) is 8.16. The minimum Gasteiger partial charge on any atom is -0.376 e. The number of carbonyl (C=O) groups excluding carboxylic acids is 1. The number of fused-ring (bicyclic) bond motifs is 1. The van der Waals surface area contributed by atoms with Gasteiger partial charge in [-0.1, -0.05) is 0 Å². The molecular weight excluding hydrogens is 382 g/mol. The van der Waals surface area contributed by atoms with Gasteiger partial charge < -0.3 is 9.64 Å². The van der Waals surface area contributed by atoms with Gasteiger partial charge in [0.2, 0.25) is 0 Å². The first-order valence-electron chi connectivity index (χ1n) is 10.7. The summed E-state index contributed by atoms with van der Waals surface area (Å²) in [6, 6.07) is 6.17. The first kappa shape index (κ1) is 19.2. The highest BCUT2D eigenvalue weighted by atomic mass is 32.1. The zero-order chi connectivity index (χ0) is 19.8. The Bertz CT molecular complexity index is 854. The lowest BCUT2D eigenvalue weighted by Crippen LogP contribution is -2.72. The molecule has 1 spiro atoms. The monoisotopic (exact) mass is 411 g/mol. The molecule has 154 valence electrons. The van der Waals surface area contributed by atoms with Crippen LogP contribution < -0.4 is 0 Å². The molecule has 1 amide bonds. The maximum absolute atomic E-state index is 13.0. The van der Waals surface area contributed by atoms with Crippen molar-refractivity contribution in [3.05, 3.63) is 51.5 Å². The number of hydrogen-bond acceptors (Lipinski definition) is 5. The van der Waals surface area contributed by atoms with E-state index >= 15 is 0 Å².